The second-order valence-corrected chi connectivity index (χ2v) is 13.3. The maximum atomic E-state index is 13.1. The fraction of sp³-hybridized carbons (Fsp3) is 0.524. The number of ether oxygens (including phenoxy) is 1. The van der Waals surface area contributed by atoms with E-state index >= 15 is 0 Å². The van der Waals surface area contributed by atoms with Gasteiger partial charge in [0.2, 0.25) is 5.91 Å². The third-order valence-electron chi connectivity index (χ3n) is 9.61. The van der Waals surface area contributed by atoms with Gasteiger partial charge < -0.3 is 19.1 Å². The average molecular weight is 673 g/mol. The second-order valence-electron chi connectivity index (χ2n) is 13.3. The number of carbonyl (C=O) groups is 1. The van der Waals surface area contributed by atoms with Gasteiger partial charge in [-0.2, -0.15) is 0 Å². The van der Waals surface area contributed by atoms with Crippen LogP contribution in [0, 0.1) is 18.2 Å². The normalized spacial score (nSPS) is 16.3. The van der Waals surface area contributed by atoms with Crippen LogP contribution in [0.25, 0.3) is 11.0 Å². The molecule has 4 aromatic rings. The van der Waals surface area contributed by atoms with E-state index in [1.807, 2.05) is 45.0 Å². The van der Waals surface area contributed by atoms with Gasteiger partial charge in [-0.3, -0.25) is 4.79 Å². The Morgan fingerprint density at radius 2 is 1.61 bits per heavy atom. The Kier molecular flexibility index (Phi) is 17.0. The molecular weight excluding hydrogens is 611 g/mol. The molecule has 7 heteroatoms. The average Bonchev–Trinajstić information content (AvgIpc) is 3.61. The first kappa shape index (κ1) is 39.9. The number of halogens is 1. The van der Waals surface area contributed by atoms with Crippen molar-refractivity contribution in [2.75, 3.05) is 39.4 Å². The van der Waals surface area contributed by atoms with Crippen LogP contribution in [-0.2, 0) is 22.5 Å². The van der Waals surface area contributed by atoms with Gasteiger partial charge in [-0.05, 0) is 108 Å². The number of benzene rings is 3. The number of unbranched alkanes of at least 4 members (excludes halogenated alkanes) is 1. The molecule has 1 fully saturated rings. The Morgan fingerprint density at radius 3 is 2.27 bits per heavy atom. The highest BCUT2D eigenvalue weighted by Gasteiger charge is 2.44. The van der Waals surface area contributed by atoms with Gasteiger partial charge in [0.15, 0.2) is 0 Å². The zero-order valence-electron chi connectivity index (χ0n) is 31.3. The Morgan fingerprint density at radius 1 is 0.918 bits per heavy atom. The van der Waals surface area contributed by atoms with Crippen molar-refractivity contribution < 1.29 is 13.9 Å². The quantitative estimate of drug-likeness (QED) is 0.118. The molecule has 1 aliphatic rings. The molecule has 268 valence electrons. The van der Waals surface area contributed by atoms with E-state index in [2.05, 4.69) is 77.4 Å². The van der Waals surface area contributed by atoms with E-state index in [0.29, 0.717) is 5.91 Å². The fourth-order valence-corrected chi connectivity index (χ4v) is 6.37. The van der Waals surface area contributed by atoms with E-state index in [1.165, 1.54) is 54.6 Å². The first-order valence-electron chi connectivity index (χ1n) is 18.5. The van der Waals surface area contributed by atoms with Crippen molar-refractivity contribution in [3.63, 3.8) is 0 Å². The first-order valence-corrected chi connectivity index (χ1v) is 18.5. The zero-order valence-corrected chi connectivity index (χ0v) is 31.3. The molecule has 2 atom stereocenters. The van der Waals surface area contributed by atoms with Gasteiger partial charge in [0.25, 0.3) is 0 Å². The van der Waals surface area contributed by atoms with E-state index in [4.69, 9.17) is 4.74 Å². The molecule has 1 aliphatic heterocycles. The predicted octanol–water partition coefficient (Wildman–Crippen LogP) is 9.66. The number of para-hydroxylation sites is 2. The van der Waals surface area contributed by atoms with Crippen LogP contribution in [0.3, 0.4) is 0 Å². The molecule has 2 heterocycles. The molecule has 0 spiro atoms. The van der Waals surface area contributed by atoms with Crippen molar-refractivity contribution in [3.05, 3.63) is 102 Å². The molecule has 0 bridgehead atoms. The number of fused-ring (bicyclic) bond motifs is 1. The Hall–Kier alpha value is -3.55. The fourth-order valence-electron chi connectivity index (χ4n) is 6.37. The van der Waals surface area contributed by atoms with Crippen LogP contribution in [-0.4, -0.2) is 64.7 Å². The molecule has 1 unspecified atom stereocenters. The summed E-state index contributed by atoms with van der Waals surface area (Å²) in [6.45, 7) is 21.5. The van der Waals surface area contributed by atoms with Crippen molar-refractivity contribution >= 4 is 16.9 Å². The molecule has 0 N–H and O–H groups in total. The molecule has 5 rings (SSSR count). The molecule has 3 aromatic carbocycles. The van der Waals surface area contributed by atoms with Gasteiger partial charge in [0, 0.05) is 25.1 Å². The largest absolute Gasteiger partial charge is 0.380 e. The van der Waals surface area contributed by atoms with Crippen molar-refractivity contribution in [3.8, 4) is 0 Å². The van der Waals surface area contributed by atoms with Gasteiger partial charge in [-0.25, -0.2) is 9.37 Å². The lowest BCUT2D eigenvalue weighted by Gasteiger charge is -2.30. The predicted molar refractivity (Wildman–Crippen MR) is 202 cm³/mol. The number of aromatic nitrogens is 2. The van der Waals surface area contributed by atoms with E-state index < -0.39 is 0 Å². The molecule has 0 radical (unpaired) electrons. The number of hydrogen-bond acceptors (Lipinski definition) is 4. The summed E-state index contributed by atoms with van der Waals surface area (Å²) in [7, 11) is 0. The summed E-state index contributed by atoms with van der Waals surface area (Å²) in [6, 6.07) is 25.3. The molecule has 1 aromatic heterocycles. The van der Waals surface area contributed by atoms with Gasteiger partial charge in [0.05, 0.1) is 23.7 Å². The minimum atomic E-state index is -0.193. The lowest BCUT2D eigenvalue weighted by molar-refractivity contribution is -0.137. The topological polar surface area (TPSA) is 50.6 Å². The summed E-state index contributed by atoms with van der Waals surface area (Å²) < 4.78 is 19.8. The maximum Gasteiger partial charge on any atom is 0.229 e. The van der Waals surface area contributed by atoms with E-state index in [0.717, 1.165) is 70.0 Å². The van der Waals surface area contributed by atoms with E-state index in [-0.39, 0.29) is 17.3 Å². The molecule has 1 saturated heterocycles. The number of likely N-dealkylation sites (tertiary alicyclic amines) is 1. The van der Waals surface area contributed by atoms with Crippen molar-refractivity contribution in [2.24, 2.45) is 5.41 Å². The van der Waals surface area contributed by atoms with Crippen molar-refractivity contribution in [1.29, 1.82) is 0 Å². The van der Waals surface area contributed by atoms with Gasteiger partial charge >= 0.3 is 0 Å². The Bertz CT molecular complexity index is 1510. The number of carbonyl (C=O) groups excluding carboxylic acids is 1. The maximum absolute atomic E-state index is 13.1. The minimum absolute atomic E-state index is 0.160. The zero-order chi connectivity index (χ0) is 35.6. The standard InChI is InChI=1S/C22H36N2O.C12H16N2O.C8H9F/c1-5-7-16-23(15-6-2)17-13-22(4)14-18-24(21(22)25)19(3)20-11-9-8-10-12-20;1-3-15-9-8-14-10(2)13-11-6-4-5-7-12(11)14;1-2-7-3-5-8(9)6-4-7/h8-12,19H,5-7,13-18H2,1-4H3;4-7H,3,8-9H2,1-2H3;3-6H,2H2,1H3/t19-,22?;;/m1../s1. The van der Waals surface area contributed by atoms with Crippen LogP contribution in [0.15, 0.2) is 78.9 Å². The summed E-state index contributed by atoms with van der Waals surface area (Å²) in [4.78, 5) is 22.3. The molecule has 0 aliphatic carbocycles. The summed E-state index contributed by atoms with van der Waals surface area (Å²) in [6.07, 6.45) is 6.61. The van der Waals surface area contributed by atoms with Gasteiger partial charge in [0.1, 0.15) is 11.6 Å². The molecule has 49 heavy (non-hydrogen) atoms. The first-order chi connectivity index (χ1) is 23.7. The van der Waals surface area contributed by atoms with Crippen LogP contribution < -0.4 is 0 Å². The second kappa shape index (κ2) is 20.8. The monoisotopic (exact) mass is 672 g/mol. The lowest BCUT2D eigenvalue weighted by atomic mass is 9.85. The van der Waals surface area contributed by atoms with Crippen LogP contribution in [0.5, 0.6) is 0 Å². The SMILES string of the molecule is CCCCN(CCC)CCC1(C)CCN([C@H](C)c2ccccc2)C1=O.CCOCCn1c(C)nc2ccccc21.CCc1ccc(F)cc1. The summed E-state index contributed by atoms with van der Waals surface area (Å²) >= 11 is 0. The summed E-state index contributed by atoms with van der Waals surface area (Å²) in [5.74, 6) is 1.24. The Labute approximate surface area is 295 Å². The highest BCUT2D eigenvalue weighted by atomic mass is 19.1. The summed E-state index contributed by atoms with van der Waals surface area (Å²) in [5, 5.41) is 0. The Balaban J connectivity index is 0.000000227. The third-order valence-corrected chi connectivity index (χ3v) is 9.61. The molecule has 0 saturated carbocycles. The third kappa shape index (κ3) is 12.1. The van der Waals surface area contributed by atoms with Crippen LogP contribution >= 0.6 is 0 Å². The van der Waals surface area contributed by atoms with E-state index in [9.17, 15) is 9.18 Å². The highest BCUT2D eigenvalue weighted by molar-refractivity contribution is 5.84. The van der Waals surface area contributed by atoms with Crippen molar-refractivity contribution in [1.82, 2.24) is 19.4 Å². The smallest absolute Gasteiger partial charge is 0.229 e. The highest BCUT2D eigenvalue weighted by Crippen LogP contribution is 2.39. The number of rotatable bonds is 15. The van der Waals surface area contributed by atoms with Crippen LogP contribution in [0.2, 0.25) is 0 Å². The number of imidazole rings is 1. The number of aryl methyl sites for hydroxylation is 2. The number of nitrogens with zero attached hydrogens (tertiary/aromatic N) is 4. The molecular formula is C42H61FN4O2. The van der Waals surface area contributed by atoms with Crippen LogP contribution in [0.1, 0.15) is 96.6 Å². The van der Waals surface area contributed by atoms with Gasteiger partial charge in [-0.1, -0.05) is 88.7 Å². The van der Waals surface area contributed by atoms with E-state index in [1.54, 1.807) is 12.1 Å². The lowest BCUT2D eigenvalue weighted by Crippen LogP contribution is -2.37. The minimum Gasteiger partial charge on any atom is -0.380 e. The van der Waals surface area contributed by atoms with Crippen molar-refractivity contribution in [2.45, 2.75) is 99.6 Å². The molecule has 1 amide bonds. The summed E-state index contributed by atoms with van der Waals surface area (Å²) in [5.41, 5.74) is 4.47. The number of hydrogen-bond donors (Lipinski definition) is 0. The number of amides is 1. The van der Waals surface area contributed by atoms with Gasteiger partial charge in [-0.15, -0.1) is 0 Å². The molecule has 6 nitrogen and oxygen atoms in total. The van der Waals surface area contributed by atoms with Crippen LogP contribution in [0.4, 0.5) is 4.39 Å².